The Kier molecular flexibility index (Phi) is 4.79. The molecule has 2 aromatic carbocycles. The molecule has 0 fully saturated rings. The van der Waals surface area contributed by atoms with Crippen molar-refractivity contribution in [3.63, 3.8) is 0 Å². The molecule has 1 atom stereocenters. The minimum atomic E-state index is -0.561. The lowest BCUT2D eigenvalue weighted by molar-refractivity contribution is 0.178. The Balaban J connectivity index is 2.09. The average Bonchev–Trinajstić information content (AvgIpc) is 2.49. The summed E-state index contributed by atoms with van der Waals surface area (Å²) in [6.07, 6.45) is 1.01. The van der Waals surface area contributed by atoms with Crippen LogP contribution in [0.15, 0.2) is 48.5 Å². The lowest BCUT2D eigenvalue weighted by Crippen LogP contribution is -2.15. The van der Waals surface area contributed by atoms with E-state index >= 15 is 0 Å². The van der Waals surface area contributed by atoms with Gasteiger partial charge in [-0.2, -0.15) is 0 Å². The maximum atomic E-state index is 12.9. The van der Waals surface area contributed by atoms with Gasteiger partial charge < -0.3 is 5.11 Å². The summed E-state index contributed by atoms with van der Waals surface area (Å²) >= 11 is 0. The summed E-state index contributed by atoms with van der Waals surface area (Å²) in [5.41, 5.74) is 3.26. The molecule has 0 aliphatic heterocycles. The third-order valence-corrected chi connectivity index (χ3v) is 4.30. The molecule has 1 unspecified atom stereocenters. The first kappa shape index (κ1) is 15.7. The highest BCUT2D eigenvalue weighted by Crippen LogP contribution is 2.28. The standard InChI is InChI=1S/C19H23FO/c1-4-19(2,3)16-9-7-15(8-10-16)18(21)13-14-5-11-17(20)12-6-14/h5-12,18,21H,4,13H2,1-3H3. The molecule has 0 saturated heterocycles. The first-order valence-electron chi connectivity index (χ1n) is 7.45. The normalized spacial score (nSPS) is 13.2. The first-order chi connectivity index (χ1) is 9.92. The van der Waals surface area contributed by atoms with Gasteiger partial charge in [-0.3, -0.25) is 0 Å². The number of benzene rings is 2. The van der Waals surface area contributed by atoms with Gasteiger partial charge in [0.15, 0.2) is 0 Å². The molecule has 0 spiro atoms. The van der Waals surface area contributed by atoms with Crippen LogP contribution in [0.1, 0.15) is 50.0 Å². The van der Waals surface area contributed by atoms with E-state index in [0.717, 1.165) is 17.5 Å². The Morgan fingerprint density at radius 2 is 1.57 bits per heavy atom. The molecule has 0 radical (unpaired) electrons. The summed E-state index contributed by atoms with van der Waals surface area (Å²) in [5, 5.41) is 10.3. The van der Waals surface area contributed by atoms with E-state index in [1.807, 2.05) is 12.1 Å². The first-order valence-corrected chi connectivity index (χ1v) is 7.45. The van der Waals surface area contributed by atoms with Crippen molar-refractivity contribution >= 4 is 0 Å². The van der Waals surface area contributed by atoms with Crippen molar-refractivity contribution in [1.29, 1.82) is 0 Å². The maximum Gasteiger partial charge on any atom is 0.123 e. The Hall–Kier alpha value is -1.67. The zero-order chi connectivity index (χ0) is 15.5. The van der Waals surface area contributed by atoms with Gasteiger partial charge >= 0.3 is 0 Å². The van der Waals surface area contributed by atoms with Crippen molar-refractivity contribution in [2.75, 3.05) is 0 Å². The molecule has 0 aliphatic rings. The molecular weight excluding hydrogens is 263 g/mol. The van der Waals surface area contributed by atoms with Gasteiger partial charge in [-0.25, -0.2) is 4.39 Å². The Morgan fingerprint density at radius 1 is 1.00 bits per heavy atom. The minimum Gasteiger partial charge on any atom is -0.388 e. The third-order valence-electron chi connectivity index (χ3n) is 4.30. The van der Waals surface area contributed by atoms with Gasteiger partial charge in [-0.05, 0) is 40.7 Å². The summed E-state index contributed by atoms with van der Waals surface area (Å²) in [7, 11) is 0. The summed E-state index contributed by atoms with van der Waals surface area (Å²) < 4.78 is 12.9. The fourth-order valence-corrected chi connectivity index (χ4v) is 2.32. The van der Waals surface area contributed by atoms with E-state index < -0.39 is 6.10 Å². The van der Waals surface area contributed by atoms with Crippen molar-refractivity contribution in [3.05, 3.63) is 71.0 Å². The van der Waals surface area contributed by atoms with Crippen LogP contribution in [0, 0.1) is 5.82 Å². The molecule has 1 N–H and O–H groups in total. The molecule has 2 heteroatoms. The van der Waals surface area contributed by atoms with Crippen LogP contribution in [0.5, 0.6) is 0 Å². The van der Waals surface area contributed by atoms with E-state index in [-0.39, 0.29) is 11.2 Å². The van der Waals surface area contributed by atoms with Crippen molar-refractivity contribution in [3.8, 4) is 0 Å². The van der Waals surface area contributed by atoms with Crippen LogP contribution in [-0.4, -0.2) is 5.11 Å². The number of aliphatic hydroxyl groups excluding tert-OH is 1. The Bertz CT molecular complexity index is 570. The lowest BCUT2D eigenvalue weighted by Gasteiger charge is -2.24. The fourth-order valence-electron chi connectivity index (χ4n) is 2.32. The van der Waals surface area contributed by atoms with Crippen LogP contribution in [0.2, 0.25) is 0 Å². The number of aliphatic hydroxyl groups is 1. The van der Waals surface area contributed by atoms with Gasteiger partial charge in [0.1, 0.15) is 5.82 Å². The van der Waals surface area contributed by atoms with Gasteiger partial charge in [0.25, 0.3) is 0 Å². The van der Waals surface area contributed by atoms with Gasteiger partial charge in [0.2, 0.25) is 0 Å². The zero-order valence-electron chi connectivity index (χ0n) is 12.9. The fraction of sp³-hybridized carbons (Fsp3) is 0.368. The predicted molar refractivity (Wildman–Crippen MR) is 84.8 cm³/mol. The van der Waals surface area contributed by atoms with Crippen molar-refractivity contribution in [1.82, 2.24) is 0 Å². The monoisotopic (exact) mass is 286 g/mol. The van der Waals surface area contributed by atoms with Crippen LogP contribution < -0.4 is 0 Å². The largest absolute Gasteiger partial charge is 0.388 e. The smallest absolute Gasteiger partial charge is 0.123 e. The molecule has 0 heterocycles. The predicted octanol–water partition coefficient (Wildman–Crippen LogP) is 4.79. The summed E-state index contributed by atoms with van der Waals surface area (Å²) in [5.74, 6) is -0.251. The Morgan fingerprint density at radius 3 is 2.10 bits per heavy atom. The highest BCUT2D eigenvalue weighted by atomic mass is 19.1. The van der Waals surface area contributed by atoms with E-state index in [4.69, 9.17) is 0 Å². The number of halogens is 1. The van der Waals surface area contributed by atoms with Crippen LogP contribution in [0.25, 0.3) is 0 Å². The second kappa shape index (κ2) is 6.40. The molecule has 0 amide bonds. The average molecular weight is 286 g/mol. The van der Waals surface area contributed by atoms with Gasteiger partial charge in [0, 0.05) is 6.42 Å². The van der Waals surface area contributed by atoms with E-state index in [1.165, 1.54) is 17.7 Å². The molecule has 112 valence electrons. The Labute approximate surface area is 126 Å². The summed E-state index contributed by atoms with van der Waals surface area (Å²) in [4.78, 5) is 0. The third kappa shape index (κ3) is 3.92. The molecule has 0 aromatic heterocycles. The van der Waals surface area contributed by atoms with Crippen LogP contribution in [0.4, 0.5) is 4.39 Å². The second-order valence-corrected chi connectivity index (χ2v) is 6.21. The van der Waals surface area contributed by atoms with E-state index in [0.29, 0.717) is 6.42 Å². The van der Waals surface area contributed by atoms with E-state index in [9.17, 15) is 9.50 Å². The van der Waals surface area contributed by atoms with Gasteiger partial charge in [-0.1, -0.05) is 57.2 Å². The lowest BCUT2D eigenvalue weighted by atomic mass is 9.82. The molecule has 0 bridgehead atoms. The molecule has 0 aliphatic carbocycles. The SMILES string of the molecule is CCC(C)(C)c1ccc(C(O)Cc2ccc(F)cc2)cc1. The topological polar surface area (TPSA) is 20.2 Å². The van der Waals surface area contributed by atoms with Crippen LogP contribution >= 0.6 is 0 Å². The summed E-state index contributed by atoms with van der Waals surface area (Å²) in [6.45, 7) is 6.62. The quantitative estimate of drug-likeness (QED) is 0.838. The molecule has 1 nitrogen and oxygen atoms in total. The number of rotatable bonds is 5. The maximum absolute atomic E-state index is 12.9. The van der Waals surface area contributed by atoms with Crippen molar-refractivity contribution < 1.29 is 9.50 Å². The number of hydrogen-bond donors (Lipinski definition) is 1. The minimum absolute atomic E-state index is 0.153. The molecule has 2 aromatic rings. The highest BCUT2D eigenvalue weighted by molar-refractivity contribution is 5.30. The van der Waals surface area contributed by atoms with E-state index in [2.05, 4.69) is 32.9 Å². The van der Waals surface area contributed by atoms with Gasteiger partial charge in [-0.15, -0.1) is 0 Å². The molecule has 0 saturated carbocycles. The van der Waals surface area contributed by atoms with Crippen LogP contribution in [-0.2, 0) is 11.8 Å². The highest BCUT2D eigenvalue weighted by Gasteiger charge is 2.18. The second-order valence-electron chi connectivity index (χ2n) is 6.21. The molecule has 21 heavy (non-hydrogen) atoms. The van der Waals surface area contributed by atoms with Crippen molar-refractivity contribution in [2.45, 2.75) is 45.1 Å². The van der Waals surface area contributed by atoms with Crippen molar-refractivity contribution in [2.24, 2.45) is 0 Å². The van der Waals surface area contributed by atoms with Crippen LogP contribution in [0.3, 0.4) is 0 Å². The number of hydrogen-bond acceptors (Lipinski definition) is 1. The molecule has 2 rings (SSSR count). The zero-order valence-corrected chi connectivity index (χ0v) is 12.9. The van der Waals surface area contributed by atoms with Gasteiger partial charge in [0.05, 0.1) is 6.10 Å². The van der Waals surface area contributed by atoms with E-state index in [1.54, 1.807) is 12.1 Å². The summed E-state index contributed by atoms with van der Waals surface area (Å²) in [6, 6.07) is 14.4. The molecular formula is C19H23FO.